The first-order chi connectivity index (χ1) is 8.22. The van der Waals surface area contributed by atoms with Crippen LogP contribution in [0.4, 0.5) is 0 Å². The monoisotopic (exact) mass is 232 g/mol. The summed E-state index contributed by atoms with van der Waals surface area (Å²) in [6.45, 7) is 3.99. The number of hydrogen-bond donors (Lipinski definition) is 0. The Morgan fingerprint density at radius 2 is 2.06 bits per heavy atom. The third kappa shape index (κ3) is 2.67. The van der Waals surface area contributed by atoms with Crippen LogP contribution in [0.3, 0.4) is 0 Å². The number of carbonyl (C=O) groups is 1. The van der Waals surface area contributed by atoms with Gasteiger partial charge in [0.15, 0.2) is 0 Å². The Kier molecular flexibility index (Phi) is 3.79. The molecule has 3 heteroatoms. The molecule has 3 nitrogen and oxygen atoms in total. The zero-order chi connectivity index (χ0) is 12.3. The van der Waals surface area contributed by atoms with Crippen molar-refractivity contribution in [2.24, 2.45) is 0 Å². The number of rotatable bonds is 2. The Hall–Kier alpha value is -1.35. The Labute approximate surface area is 102 Å². The van der Waals surface area contributed by atoms with E-state index in [1.54, 1.807) is 0 Å². The van der Waals surface area contributed by atoms with Crippen LogP contribution in [0.25, 0.3) is 0 Å². The van der Waals surface area contributed by atoms with E-state index >= 15 is 0 Å². The molecule has 2 rings (SSSR count). The van der Waals surface area contributed by atoms with E-state index in [9.17, 15) is 4.79 Å². The van der Waals surface area contributed by atoms with Gasteiger partial charge in [0.05, 0.1) is 12.7 Å². The van der Waals surface area contributed by atoms with E-state index in [4.69, 9.17) is 4.74 Å². The Balaban J connectivity index is 2.21. The molecule has 0 amide bonds. The predicted octanol–water partition coefficient (Wildman–Crippen LogP) is 2.26. The summed E-state index contributed by atoms with van der Waals surface area (Å²) in [7, 11) is 1.41. The number of hydrogen-bond acceptors (Lipinski definition) is 2. The largest absolute Gasteiger partial charge is 0.465 e. The van der Waals surface area contributed by atoms with Crippen LogP contribution < -0.4 is 5.32 Å². The zero-order valence-electron chi connectivity index (χ0n) is 10.4. The van der Waals surface area contributed by atoms with Gasteiger partial charge >= 0.3 is 5.97 Å². The minimum Gasteiger partial charge on any atom is -0.465 e. The second-order valence-corrected chi connectivity index (χ2v) is 4.51. The van der Waals surface area contributed by atoms with Crippen LogP contribution >= 0.6 is 0 Å². The quantitative estimate of drug-likeness (QED) is 0.734. The van der Waals surface area contributed by atoms with Gasteiger partial charge in [0.1, 0.15) is 0 Å². The van der Waals surface area contributed by atoms with Crippen LogP contribution in [0.2, 0.25) is 0 Å². The second-order valence-electron chi connectivity index (χ2n) is 4.51. The van der Waals surface area contributed by atoms with Crippen molar-refractivity contribution in [2.45, 2.75) is 25.7 Å². The van der Waals surface area contributed by atoms with Crippen LogP contribution in [0.5, 0.6) is 0 Å². The molecule has 91 valence electrons. The van der Waals surface area contributed by atoms with E-state index < -0.39 is 0 Å². The molecule has 1 aliphatic heterocycles. The molecule has 17 heavy (non-hydrogen) atoms. The van der Waals surface area contributed by atoms with E-state index in [0.717, 1.165) is 25.9 Å². The number of nitrogens with zero attached hydrogens (tertiary/aromatic N) is 1. The zero-order valence-corrected chi connectivity index (χ0v) is 10.4. The van der Waals surface area contributed by atoms with Crippen LogP contribution in [0, 0.1) is 6.92 Å². The minimum absolute atomic E-state index is 0.265. The molecule has 1 radical (unpaired) electrons. The molecule has 0 aromatic heterocycles. The molecular formula is C14H18NO2. The standard InChI is InChI=1S/C14H18NO2/c1-10-9-12(14(16)17-2)3-4-13(10)11-5-7-15-8-6-11/h3-4,9,11H,5-8H2,1-2H3. The highest BCUT2D eigenvalue weighted by atomic mass is 16.5. The van der Waals surface area contributed by atoms with E-state index in [1.165, 1.54) is 18.2 Å². The average molecular weight is 232 g/mol. The molecule has 0 spiro atoms. The second kappa shape index (κ2) is 5.32. The molecular weight excluding hydrogens is 214 g/mol. The van der Waals surface area contributed by atoms with E-state index in [-0.39, 0.29) is 5.97 Å². The van der Waals surface area contributed by atoms with Crippen molar-refractivity contribution in [3.05, 3.63) is 34.9 Å². The summed E-state index contributed by atoms with van der Waals surface area (Å²) < 4.78 is 4.72. The summed E-state index contributed by atoms with van der Waals surface area (Å²) in [5.74, 6) is 0.331. The maximum Gasteiger partial charge on any atom is 0.337 e. The maximum absolute atomic E-state index is 11.4. The van der Waals surface area contributed by atoms with Gasteiger partial charge in [-0.25, -0.2) is 10.1 Å². The van der Waals surface area contributed by atoms with E-state index in [2.05, 4.69) is 18.3 Å². The summed E-state index contributed by atoms with van der Waals surface area (Å²) in [5, 5.41) is 4.37. The fourth-order valence-electron chi connectivity index (χ4n) is 2.44. The topological polar surface area (TPSA) is 40.4 Å². The molecule has 0 atom stereocenters. The normalized spacial score (nSPS) is 16.8. The van der Waals surface area contributed by atoms with Gasteiger partial charge in [0.2, 0.25) is 0 Å². The van der Waals surface area contributed by atoms with Crippen molar-refractivity contribution in [1.82, 2.24) is 5.32 Å². The van der Waals surface area contributed by atoms with E-state index in [0.29, 0.717) is 11.5 Å². The number of benzene rings is 1. The fourth-order valence-corrected chi connectivity index (χ4v) is 2.44. The molecule has 0 saturated carbocycles. The molecule has 0 unspecified atom stereocenters. The summed E-state index contributed by atoms with van der Waals surface area (Å²) in [5.41, 5.74) is 3.17. The first kappa shape index (κ1) is 12.1. The van der Waals surface area contributed by atoms with Crippen molar-refractivity contribution in [3.8, 4) is 0 Å². The smallest absolute Gasteiger partial charge is 0.337 e. The highest BCUT2D eigenvalue weighted by molar-refractivity contribution is 5.89. The molecule has 0 bridgehead atoms. The van der Waals surface area contributed by atoms with Gasteiger partial charge in [-0.3, -0.25) is 0 Å². The number of esters is 1. The van der Waals surface area contributed by atoms with Crippen molar-refractivity contribution >= 4 is 5.97 Å². The van der Waals surface area contributed by atoms with E-state index in [1.807, 2.05) is 12.1 Å². The predicted molar refractivity (Wildman–Crippen MR) is 66.4 cm³/mol. The van der Waals surface area contributed by atoms with Gasteiger partial charge in [-0.05, 0) is 48.9 Å². The highest BCUT2D eigenvalue weighted by Gasteiger charge is 2.18. The molecule has 0 N–H and O–H groups in total. The van der Waals surface area contributed by atoms with Gasteiger partial charge in [-0.15, -0.1) is 0 Å². The lowest BCUT2D eigenvalue weighted by Crippen LogP contribution is -2.21. The van der Waals surface area contributed by atoms with Crippen molar-refractivity contribution in [3.63, 3.8) is 0 Å². The maximum atomic E-state index is 11.4. The number of carbonyl (C=O) groups excluding carboxylic acids is 1. The molecule has 1 saturated heterocycles. The Morgan fingerprint density at radius 3 is 2.65 bits per heavy atom. The third-order valence-corrected chi connectivity index (χ3v) is 3.40. The van der Waals surface area contributed by atoms with Crippen LogP contribution in [0.15, 0.2) is 18.2 Å². The van der Waals surface area contributed by atoms with Crippen LogP contribution in [-0.2, 0) is 4.74 Å². The minimum atomic E-state index is -0.265. The fraction of sp³-hybridized carbons (Fsp3) is 0.500. The van der Waals surface area contributed by atoms with Crippen LogP contribution in [-0.4, -0.2) is 26.2 Å². The Morgan fingerprint density at radius 1 is 1.35 bits per heavy atom. The van der Waals surface area contributed by atoms with Gasteiger partial charge in [-0.2, -0.15) is 0 Å². The Bertz CT molecular complexity index is 409. The first-order valence-electron chi connectivity index (χ1n) is 6.04. The van der Waals surface area contributed by atoms with Crippen molar-refractivity contribution < 1.29 is 9.53 Å². The van der Waals surface area contributed by atoms with Gasteiger partial charge in [-0.1, -0.05) is 6.07 Å². The summed E-state index contributed by atoms with van der Waals surface area (Å²) in [6.07, 6.45) is 2.25. The molecule has 0 aliphatic carbocycles. The van der Waals surface area contributed by atoms with Crippen LogP contribution in [0.1, 0.15) is 40.2 Å². The number of ether oxygens (including phenoxy) is 1. The first-order valence-corrected chi connectivity index (χ1v) is 6.04. The lowest BCUT2D eigenvalue weighted by molar-refractivity contribution is 0.0600. The average Bonchev–Trinajstić information content (AvgIpc) is 2.38. The third-order valence-electron chi connectivity index (χ3n) is 3.40. The number of aryl methyl sites for hydroxylation is 1. The van der Waals surface area contributed by atoms with Crippen molar-refractivity contribution in [1.29, 1.82) is 0 Å². The summed E-state index contributed by atoms with van der Waals surface area (Å²) in [6, 6.07) is 5.85. The molecule has 1 aliphatic rings. The lowest BCUT2D eigenvalue weighted by atomic mass is 9.87. The summed E-state index contributed by atoms with van der Waals surface area (Å²) in [4.78, 5) is 11.4. The van der Waals surface area contributed by atoms with Gasteiger partial charge in [0, 0.05) is 13.1 Å². The molecule has 1 fully saturated rings. The molecule has 1 aromatic rings. The number of piperidine rings is 1. The lowest BCUT2D eigenvalue weighted by Gasteiger charge is -2.23. The number of methoxy groups -OCH3 is 1. The van der Waals surface area contributed by atoms with Crippen molar-refractivity contribution in [2.75, 3.05) is 20.2 Å². The van der Waals surface area contributed by atoms with Gasteiger partial charge < -0.3 is 4.74 Å². The molecule has 1 aromatic carbocycles. The molecule has 1 heterocycles. The SMILES string of the molecule is COC(=O)c1ccc(C2CC[N]CC2)c(C)c1. The van der Waals surface area contributed by atoms with Gasteiger partial charge in [0.25, 0.3) is 0 Å². The highest BCUT2D eigenvalue weighted by Crippen LogP contribution is 2.28. The summed E-state index contributed by atoms with van der Waals surface area (Å²) >= 11 is 0.